The third kappa shape index (κ3) is 3.24. The van der Waals surface area contributed by atoms with E-state index in [4.69, 9.17) is 0 Å². The van der Waals surface area contributed by atoms with Gasteiger partial charge in [-0.2, -0.15) is 4.31 Å². The first-order valence-corrected chi connectivity index (χ1v) is 7.30. The summed E-state index contributed by atoms with van der Waals surface area (Å²) in [6, 6.07) is 5.53. The van der Waals surface area contributed by atoms with Crippen LogP contribution in [0.5, 0.6) is 0 Å². The van der Waals surface area contributed by atoms with Crippen molar-refractivity contribution in [2.45, 2.75) is 18.7 Å². The molecule has 1 aliphatic heterocycles. The van der Waals surface area contributed by atoms with Crippen molar-refractivity contribution in [1.82, 2.24) is 14.6 Å². The van der Waals surface area contributed by atoms with Crippen LogP contribution in [0.15, 0.2) is 24.4 Å². The van der Waals surface area contributed by atoms with E-state index in [1.54, 1.807) is 28.7 Å². The van der Waals surface area contributed by atoms with Crippen LogP contribution < -0.4 is 5.32 Å². The maximum absolute atomic E-state index is 12.2. The fraction of sp³-hybridized carbons (Fsp3) is 0.545. The minimum Gasteiger partial charge on any atom is -0.312 e. The summed E-state index contributed by atoms with van der Waals surface area (Å²) in [4.78, 5) is 4.06. The quantitative estimate of drug-likeness (QED) is 0.838. The molecule has 1 atom stereocenters. The van der Waals surface area contributed by atoms with Crippen LogP contribution in [0.2, 0.25) is 0 Å². The van der Waals surface area contributed by atoms with E-state index in [-0.39, 0.29) is 11.8 Å². The van der Waals surface area contributed by atoms with Crippen molar-refractivity contribution in [3.63, 3.8) is 0 Å². The summed E-state index contributed by atoms with van der Waals surface area (Å²) < 4.78 is 25.9. The van der Waals surface area contributed by atoms with E-state index in [0.29, 0.717) is 25.3 Å². The van der Waals surface area contributed by atoms with Gasteiger partial charge in [-0.25, -0.2) is 8.42 Å². The lowest BCUT2D eigenvalue weighted by Crippen LogP contribution is -2.51. The lowest BCUT2D eigenvalue weighted by Gasteiger charge is -2.30. The summed E-state index contributed by atoms with van der Waals surface area (Å²) in [5.74, 6) is -0.0133. The van der Waals surface area contributed by atoms with E-state index in [1.807, 2.05) is 6.92 Å². The third-order valence-corrected chi connectivity index (χ3v) is 4.56. The molecule has 5 nitrogen and oxygen atoms in total. The highest BCUT2D eigenvalue weighted by Crippen LogP contribution is 2.11. The second kappa shape index (κ2) is 5.12. The van der Waals surface area contributed by atoms with Crippen LogP contribution in [0.4, 0.5) is 0 Å². The zero-order valence-electron chi connectivity index (χ0n) is 9.83. The molecule has 6 heteroatoms. The molecule has 0 spiro atoms. The highest BCUT2D eigenvalue weighted by molar-refractivity contribution is 7.88. The van der Waals surface area contributed by atoms with E-state index in [1.165, 1.54) is 0 Å². The van der Waals surface area contributed by atoms with Crippen molar-refractivity contribution in [2.24, 2.45) is 0 Å². The van der Waals surface area contributed by atoms with Crippen LogP contribution in [0, 0.1) is 0 Å². The van der Waals surface area contributed by atoms with Crippen LogP contribution in [0.1, 0.15) is 12.6 Å². The average Bonchev–Trinajstić information content (AvgIpc) is 2.30. The van der Waals surface area contributed by atoms with Crippen molar-refractivity contribution in [3.05, 3.63) is 30.1 Å². The molecular weight excluding hydrogens is 238 g/mol. The molecule has 1 fully saturated rings. The van der Waals surface area contributed by atoms with Gasteiger partial charge in [0.15, 0.2) is 0 Å². The van der Waals surface area contributed by atoms with Crippen LogP contribution in [0.3, 0.4) is 0 Å². The number of piperazine rings is 1. The molecule has 1 aromatic rings. The molecule has 0 saturated carbocycles. The predicted octanol–water partition coefficient (Wildman–Crippen LogP) is 0.205. The molecule has 1 aliphatic rings. The second-order valence-electron chi connectivity index (χ2n) is 4.29. The lowest BCUT2D eigenvalue weighted by molar-refractivity contribution is 0.310. The van der Waals surface area contributed by atoms with Crippen molar-refractivity contribution in [1.29, 1.82) is 0 Å². The number of sulfonamides is 1. The molecule has 1 aromatic heterocycles. The van der Waals surface area contributed by atoms with Crippen molar-refractivity contribution in [3.8, 4) is 0 Å². The Bertz CT molecular complexity index is 461. The topological polar surface area (TPSA) is 62.3 Å². The summed E-state index contributed by atoms with van der Waals surface area (Å²) in [7, 11) is -3.24. The minimum atomic E-state index is -3.24. The van der Waals surface area contributed by atoms with Gasteiger partial charge in [0.05, 0.1) is 5.69 Å². The SMILES string of the molecule is C[C@H]1CN(S(=O)(=O)Cc2ccccn2)CCN1. The standard InChI is InChI=1S/C11H17N3O2S/c1-10-8-14(7-6-12-10)17(15,16)9-11-4-2-3-5-13-11/h2-5,10,12H,6-9H2,1H3/t10-/m0/s1. The van der Waals surface area contributed by atoms with E-state index >= 15 is 0 Å². The van der Waals surface area contributed by atoms with Gasteiger partial charge in [0.1, 0.15) is 5.75 Å². The molecule has 0 aromatic carbocycles. The Morgan fingerprint density at radius 1 is 1.53 bits per heavy atom. The number of rotatable bonds is 3. The molecule has 0 radical (unpaired) electrons. The van der Waals surface area contributed by atoms with E-state index in [2.05, 4.69) is 10.3 Å². The predicted molar refractivity (Wildman–Crippen MR) is 65.9 cm³/mol. The van der Waals surface area contributed by atoms with E-state index < -0.39 is 10.0 Å². The first-order chi connectivity index (χ1) is 8.08. The van der Waals surface area contributed by atoms with Crippen LogP contribution in [0.25, 0.3) is 0 Å². The van der Waals surface area contributed by atoms with Gasteiger partial charge in [0, 0.05) is 31.9 Å². The Labute approximate surface area is 102 Å². The first-order valence-electron chi connectivity index (χ1n) is 5.69. The molecule has 1 N–H and O–H groups in total. The number of nitrogens with zero attached hydrogens (tertiary/aromatic N) is 2. The molecule has 0 bridgehead atoms. The van der Waals surface area contributed by atoms with E-state index in [9.17, 15) is 8.42 Å². The Morgan fingerprint density at radius 3 is 3.00 bits per heavy atom. The second-order valence-corrected chi connectivity index (χ2v) is 6.26. The zero-order chi connectivity index (χ0) is 12.3. The molecule has 0 aliphatic carbocycles. The number of nitrogens with one attached hydrogen (secondary N) is 1. The fourth-order valence-electron chi connectivity index (χ4n) is 1.91. The van der Waals surface area contributed by atoms with Crippen molar-refractivity contribution < 1.29 is 8.42 Å². The number of hydrogen-bond donors (Lipinski definition) is 1. The maximum atomic E-state index is 12.2. The zero-order valence-corrected chi connectivity index (χ0v) is 10.7. The van der Waals surface area contributed by atoms with Gasteiger partial charge in [-0.1, -0.05) is 6.07 Å². The molecule has 2 rings (SSSR count). The monoisotopic (exact) mass is 255 g/mol. The molecule has 1 saturated heterocycles. The summed E-state index contributed by atoms with van der Waals surface area (Å²) in [6.07, 6.45) is 1.62. The minimum absolute atomic E-state index is 0.0133. The van der Waals surface area contributed by atoms with Crippen LogP contribution in [-0.2, 0) is 15.8 Å². The Balaban J connectivity index is 2.08. The van der Waals surface area contributed by atoms with Gasteiger partial charge < -0.3 is 5.32 Å². The van der Waals surface area contributed by atoms with Gasteiger partial charge in [0.2, 0.25) is 10.0 Å². The molecule has 0 amide bonds. The number of hydrogen-bond acceptors (Lipinski definition) is 4. The van der Waals surface area contributed by atoms with Crippen molar-refractivity contribution >= 4 is 10.0 Å². The van der Waals surface area contributed by atoms with Crippen LogP contribution >= 0.6 is 0 Å². The summed E-state index contributed by atoms with van der Waals surface area (Å²) in [5.41, 5.74) is 0.596. The molecule has 0 unspecified atom stereocenters. The number of pyridine rings is 1. The third-order valence-electron chi connectivity index (χ3n) is 2.78. The summed E-state index contributed by atoms with van der Waals surface area (Å²) >= 11 is 0. The Morgan fingerprint density at radius 2 is 2.35 bits per heavy atom. The highest BCUT2D eigenvalue weighted by atomic mass is 32.2. The van der Waals surface area contributed by atoms with Gasteiger partial charge in [-0.05, 0) is 19.1 Å². The van der Waals surface area contributed by atoms with E-state index in [0.717, 1.165) is 0 Å². The first kappa shape index (κ1) is 12.5. The summed E-state index contributed by atoms with van der Waals surface area (Å²) in [5, 5.41) is 3.23. The Hall–Kier alpha value is -0.980. The molecule has 2 heterocycles. The van der Waals surface area contributed by atoms with Gasteiger partial charge in [-0.3, -0.25) is 4.98 Å². The molecule has 17 heavy (non-hydrogen) atoms. The smallest absolute Gasteiger partial charge is 0.219 e. The maximum Gasteiger partial charge on any atom is 0.219 e. The largest absolute Gasteiger partial charge is 0.312 e. The lowest BCUT2D eigenvalue weighted by atomic mass is 10.3. The fourth-order valence-corrected chi connectivity index (χ4v) is 3.46. The highest BCUT2D eigenvalue weighted by Gasteiger charge is 2.27. The normalized spacial score (nSPS) is 22.5. The van der Waals surface area contributed by atoms with Gasteiger partial charge >= 0.3 is 0 Å². The molecule has 94 valence electrons. The van der Waals surface area contributed by atoms with Gasteiger partial charge in [-0.15, -0.1) is 0 Å². The van der Waals surface area contributed by atoms with Gasteiger partial charge in [0.25, 0.3) is 0 Å². The van der Waals surface area contributed by atoms with Crippen molar-refractivity contribution in [2.75, 3.05) is 19.6 Å². The molecular formula is C11H17N3O2S. The van der Waals surface area contributed by atoms with Crippen LogP contribution in [-0.4, -0.2) is 43.4 Å². The number of aromatic nitrogens is 1. The summed E-state index contributed by atoms with van der Waals surface area (Å²) in [6.45, 7) is 3.78. The average molecular weight is 255 g/mol. The Kier molecular flexibility index (Phi) is 3.76.